The molecular weight excluding hydrogens is 412 g/mol. The Morgan fingerprint density at radius 3 is 2.47 bits per heavy atom. The van der Waals surface area contributed by atoms with Gasteiger partial charge in [-0.2, -0.15) is 0 Å². The second kappa shape index (κ2) is 7.31. The number of anilines is 1. The van der Waals surface area contributed by atoms with Crippen LogP contribution in [0.25, 0.3) is 27.9 Å². The van der Waals surface area contributed by atoms with Gasteiger partial charge in [0, 0.05) is 28.9 Å². The number of carbonyl (C=O) groups is 1. The average molecular weight is 431 g/mol. The number of benzene rings is 3. The molecule has 0 saturated carbocycles. The average Bonchev–Trinajstić information content (AvgIpc) is 3.21. The summed E-state index contributed by atoms with van der Waals surface area (Å²) in [6, 6.07) is 22.0. The molecule has 0 bridgehead atoms. The Hall–Kier alpha value is -3.09. The van der Waals surface area contributed by atoms with E-state index in [1.165, 1.54) is 28.1 Å². The van der Waals surface area contributed by atoms with E-state index in [0.717, 1.165) is 22.5 Å². The van der Waals surface area contributed by atoms with Crippen molar-refractivity contribution in [1.82, 2.24) is 4.57 Å². The van der Waals surface area contributed by atoms with Gasteiger partial charge in [-0.25, -0.2) is 0 Å². The lowest BCUT2D eigenvalue weighted by molar-refractivity contribution is -0.113. The molecule has 6 heteroatoms. The standard InChI is InChI=1S/C24H18N2O2S2/c1-25-20-6-4-3-5-18(20)19-12-7-15(13-21(19)25)14-22-23(27)26(24(29)30-22)16-8-10-17(28-2)11-9-16/h3-14H,1-2H3. The molecule has 1 amide bonds. The van der Waals surface area contributed by atoms with Crippen molar-refractivity contribution in [3.8, 4) is 5.75 Å². The lowest BCUT2D eigenvalue weighted by atomic mass is 10.1. The molecule has 148 valence electrons. The highest BCUT2D eigenvalue weighted by Crippen LogP contribution is 2.37. The minimum Gasteiger partial charge on any atom is -0.497 e. The van der Waals surface area contributed by atoms with Crippen LogP contribution in [0, 0.1) is 0 Å². The molecule has 0 spiro atoms. The minimum atomic E-state index is -0.104. The molecule has 0 atom stereocenters. The maximum Gasteiger partial charge on any atom is 0.270 e. The van der Waals surface area contributed by atoms with Gasteiger partial charge < -0.3 is 9.30 Å². The Kier molecular flexibility index (Phi) is 4.60. The van der Waals surface area contributed by atoms with Crippen LogP contribution < -0.4 is 9.64 Å². The quantitative estimate of drug-likeness (QED) is 0.306. The number of hydrogen-bond acceptors (Lipinski definition) is 4. The Bertz CT molecular complexity index is 1350. The van der Waals surface area contributed by atoms with E-state index in [0.29, 0.717) is 9.23 Å². The van der Waals surface area contributed by atoms with Crippen molar-refractivity contribution in [2.45, 2.75) is 0 Å². The Morgan fingerprint density at radius 2 is 1.70 bits per heavy atom. The van der Waals surface area contributed by atoms with Gasteiger partial charge in [-0.15, -0.1) is 0 Å². The van der Waals surface area contributed by atoms with Gasteiger partial charge in [0.25, 0.3) is 5.91 Å². The van der Waals surface area contributed by atoms with Crippen LogP contribution in [0.4, 0.5) is 5.69 Å². The zero-order chi connectivity index (χ0) is 20.8. The highest BCUT2D eigenvalue weighted by Gasteiger charge is 2.33. The largest absolute Gasteiger partial charge is 0.497 e. The molecule has 30 heavy (non-hydrogen) atoms. The zero-order valence-corrected chi connectivity index (χ0v) is 18.1. The number of carbonyl (C=O) groups excluding carboxylic acids is 1. The van der Waals surface area contributed by atoms with E-state index in [-0.39, 0.29) is 5.91 Å². The third-order valence-corrected chi connectivity index (χ3v) is 6.66. The number of thiocarbonyl (C=S) groups is 1. The first-order valence-corrected chi connectivity index (χ1v) is 10.7. The summed E-state index contributed by atoms with van der Waals surface area (Å²) >= 11 is 6.81. The third-order valence-electron chi connectivity index (χ3n) is 5.36. The fraction of sp³-hybridized carbons (Fsp3) is 0.0833. The van der Waals surface area contributed by atoms with Crippen LogP contribution in [0.3, 0.4) is 0 Å². The predicted octanol–water partition coefficient (Wildman–Crippen LogP) is 5.75. The van der Waals surface area contributed by atoms with E-state index in [1.54, 1.807) is 12.0 Å². The number of aryl methyl sites for hydroxylation is 1. The number of amides is 1. The molecule has 1 aliphatic heterocycles. The SMILES string of the molecule is COc1ccc(N2C(=O)C(=Cc3ccc4c5ccccc5n(C)c4c3)SC2=S)cc1. The second-order valence-electron chi connectivity index (χ2n) is 7.07. The summed E-state index contributed by atoms with van der Waals surface area (Å²) in [6.45, 7) is 0. The monoisotopic (exact) mass is 430 g/mol. The third kappa shape index (κ3) is 3.00. The van der Waals surface area contributed by atoms with Crippen molar-refractivity contribution >= 4 is 67.8 Å². The summed E-state index contributed by atoms with van der Waals surface area (Å²) in [6.07, 6.45) is 1.92. The topological polar surface area (TPSA) is 34.5 Å². The van der Waals surface area contributed by atoms with Crippen molar-refractivity contribution in [1.29, 1.82) is 0 Å². The van der Waals surface area contributed by atoms with Crippen LogP contribution in [0.1, 0.15) is 5.56 Å². The molecule has 0 unspecified atom stereocenters. The highest BCUT2D eigenvalue weighted by atomic mass is 32.2. The molecule has 3 aromatic carbocycles. The normalized spacial score (nSPS) is 15.7. The van der Waals surface area contributed by atoms with Crippen molar-refractivity contribution in [3.63, 3.8) is 0 Å². The number of ether oxygens (including phenoxy) is 1. The van der Waals surface area contributed by atoms with E-state index in [2.05, 4.69) is 48.0 Å². The molecule has 4 nitrogen and oxygen atoms in total. The zero-order valence-electron chi connectivity index (χ0n) is 16.5. The number of fused-ring (bicyclic) bond motifs is 3. The van der Waals surface area contributed by atoms with E-state index in [9.17, 15) is 4.79 Å². The number of hydrogen-bond donors (Lipinski definition) is 0. The van der Waals surface area contributed by atoms with Gasteiger partial charge in [-0.1, -0.05) is 54.3 Å². The molecule has 1 aliphatic rings. The van der Waals surface area contributed by atoms with Crippen LogP contribution in [0.2, 0.25) is 0 Å². The molecule has 4 aromatic rings. The number of rotatable bonds is 3. The minimum absolute atomic E-state index is 0.104. The maximum atomic E-state index is 13.1. The number of methoxy groups -OCH3 is 1. The van der Waals surface area contributed by atoms with E-state index < -0.39 is 0 Å². The van der Waals surface area contributed by atoms with Gasteiger partial charge in [0.05, 0.1) is 17.7 Å². The van der Waals surface area contributed by atoms with Gasteiger partial charge in [-0.3, -0.25) is 9.69 Å². The van der Waals surface area contributed by atoms with Gasteiger partial charge in [0.15, 0.2) is 4.32 Å². The smallest absolute Gasteiger partial charge is 0.270 e. The van der Waals surface area contributed by atoms with Gasteiger partial charge in [-0.05, 0) is 48.0 Å². The lowest BCUT2D eigenvalue weighted by Crippen LogP contribution is -2.27. The number of nitrogens with zero attached hydrogens (tertiary/aromatic N) is 2. The molecule has 1 saturated heterocycles. The molecule has 1 fully saturated rings. The second-order valence-corrected chi connectivity index (χ2v) is 8.74. The first-order chi connectivity index (χ1) is 14.6. The predicted molar refractivity (Wildman–Crippen MR) is 129 cm³/mol. The molecule has 1 aromatic heterocycles. The van der Waals surface area contributed by atoms with Crippen LogP contribution in [0.5, 0.6) is 5.75 Å². The molecular formula is C24H18N2O2S2. The maximum absolute atomic E-state index is 13.1. The Morgan fingerprint density at radius 1 is 0.967 bits per heavy atom. The van der Waals surface area contributed by atoms with E-state index in [1.807, 2.05) is 36.4 Å². The summed E-state index contributed by atoms with van der Waals surface area (Å²) in [7, 11) is 3.68. The van der Waals surface area contributed by atoms with Crippen LogP contribution in [-0.2, 0) is 11.8 Å². The number of para-hydroxylation sites is 1. The lowest BCUT2D eigenvalue weighted by Gasteiger charge is -2.14. The molecule has 0 aliphatic carbocycles. The van der Waals surface area contributed by atoms with Crippen molar-refractivity contribution < 1.29 is 9.53 Å². The fourth-order valence-electron chi connectivity index (χ4n) is 3.84. The highest BCUT2D eigenvalue weighted by molar-refractivity contribution is 8.27. The van der Waals surface area contributed by atoms with Gasteiger partial charge in [0.1, 0.15) is 5.75 Å². The first-order valence-electron chi connectivity index (χ1n) is 9.46. The van der Waals surface area contributed by atoms with Crippen LogP contribution >= 0.6 is 24.0 Å². The Balaban J connectivity index is 1.52. The number of aromatic nitrogens is 1. The van der Waals surface area contributed by atoms with E-state index >= 15 is 0 Å². The molecule has 0 radical (unpaired) electrons. The summed E-state index contributed by atoms with van der Waals surface area (Å²) < 4.78 is 7.91. The molecule has 5 rings (SSSR count). The van der Waals surface area contributed by atoms with Crippen molar-refractivity contribution in [2.24, 2.45) is 7.05 Å². The first kappa shape index (κ1) is 18.9. The summed E-state index contributed by atoms with van der Waals surface area (Å²) in [5.74, 6) is 0.635. The van der Waals surface area contributed by atoms with Crippen LogP contribution in [0.15, 0.2) is 71.6 Å². The molecule has 2 heterocycles. The summed E-state index contributed by atoms with van der Waals surface area (Å²) in [5, 5.41) is 2.43. The van der Waals surface area contributed by atoms with Crippen molar-refractivity contribution in [3.05, 3.63) is 77.2 Å². The van der Waals surface area contributed by atoms with Gasteiger partial charge in [0.2, 0.25) is 0 Å². The Labute approximate surface area is 183 Å². The summed E-state index contributed by atoms with van der Waals surface area (Å²) in [4.78, 5) is 15.2. The van der Waals surface area contributed by atoms with Crippen molar-refractivity contribution in [2.75, 3.05) is 12.0 Å². The van der Waals surface area contributed by atoms with Crippen LogP contribution in [-0.4, -0.2) is 21.9 Å². The molecule has 0 N–H and O–H groups in total. The number of thioether (sulfide) groups is 1. The fourth-order valence-corrected chi connectivity index (χ4v) is 5.14. The van der Waals surface area contributed by atoms with Gasteiger partial charge >= 0.3 is 0 Å². The van der Waals surface area contributed by atoms with E-state index in [4.69, 9.17) is 17.0 Å². The summed E-state index contributed by atoms with van der Waals surface area (Å²) in [5.41, 5.74) is 4.04.